The van der Waals surface area contributed by atoms with Crippen molar-refractivity contribution in [2.24, 2.45) is 0 Å². The van der Waals surface area contributed by atoms with Gasteiger partial charge in [-0.1, -0.05) is 24.3 Å². The van der Waals surface area contributed by atoms with E-state index in [1.165, 1.54) is 0 Å². The molecule has 0 unspecified atom stereocenters. The van der Waals surface area contributed by atoms with E-state index in [1.54, 1.807) is 44.6 Å². The molecule has 0 amide bonds. The Kier molecular flexibility index (Phi) is 4.98. The number of nitrogens with zero attached hydrogens (tertiary/aromatic N) is 3. The topological polar surface area (TPSA) is 103 Å². The number of para-hydroxylation sites is 1. The Bertz CT molecular complexity index is 957. The summed E-state index contributed by atoms with van der Waals surface area (Å²) in [5.41, 5.74) is 7.15. The lowest BCUT2D eigenvalue weighted by atomic mass is 10.2. The molecule has 0 aliphatic heterocycles. The smallest absolute Gasteiger partial charge is 0.224 e. The Labute approximate surface area is 150 Å². The largest absolute Gasteiger partial charge is 0.507 e. The minimum Gasteiger partial charge on any atom is -0.507 e. The number of nitrogens with two attached hydrogens (primary N) is 1. The molecule has 0 aliphatic rings. The summed E-state index contributed by atoms with van der Waals surface area (Å²) in [6.45, 7) is 0. The molecule has 0 bridgehead atoms. The van der Waals surface area contributed by atoms with E-state index in [1.807, 2.05) is 24.3 Å². The average molecular weight is 350 g/mol. The molecular formula is C19H18N4O3. The lowest BCUT2D eigenvalue weighted by Gasteiger charge is -2.07. The molecule has 2 aromatic carbocycles. The van der Waals surface area contributed by atoms with Gasteiger partial charge in [0, 0.05) is 0 Å². The van der Waals surface area contributed by atoms with Gasteiger partial charge >= 0.3 is 0 Å². The monoisotopic (exact) mass is 350 g/mol. The number of anilines is 1. The standard InChI is InChI=1S/C19H18N4O3/c1-25-15-9-7-12(11-16(15)26-2)8-10-17-21-18(23-19(20)22-17)13-5-3-4-6-14(13)24/h3-11,24H,1-2H3,(H2,20,21,22,23)/b10-8+. The Hall–Kier alpha value is -3.61. The van der Waals surface area contributed by atoms with E-state index < -0.39 is 0 Å². The number of phenols is 1. The molecule has 7 heteroatoms. The number of nitrogen functional groups attached to an aromatic ring is 1. The van der Waals surface area contributed by atoms with Crippen LogP contribution in [-0.2, 0) is 0 Å². The second kappa shape index (κ2) is 7.52. The molecule has 132 valence electrons. The van der Waals surface area contributed by atoms with Crippen LogP contribution in [0.1, 0.15) is 11.4 Å². The first-order chi connectivity index (χ1) is 12.6. The number of methoxy groups -OCH3 is 2. The number of aromatic nitrogens is 3. The van der Waals surface area contributed by atoms with Gasteiger partial charge in [0.1, 0.15) is 5.75 Å². The van der Waals surface area contributed by atoms with Crippen LogP contribution < -0.4 is 15.2 Å². The quantitative estimate of drug-likeness (QED) is 0.729. The Morgan fingerprint density at radius 3 is 2.42 bits per heavy atom. The summed E-state index contributed by atoms with van der Waals surface area (Å²) in [5.74, 6) is 2.11. The number of hydrogen-bond acceptors (Lipinski definition) is 7. The fourth-order valence-electron chi connectivity index (χ4n) is 2.39. The van der Waals surface area contributed by atoms with Crippen molar-refractivity contribution >= 4 is 18.1 Å². The lowest BCUT2D eigenvalue weighted by Crippen LogP contribution is -2.02. The highest BCUT2D eigenvalue weighted by atomic mass is 16.5. The van der Waals surface area contributed by atoms with Crippen LogP contribution in [0.25, 0.3) is 23.5 Å². The molecule has 7 nitrogen and oxygen atoms in total. The van der Waals surface area contributed by atoms with Crippen LogP contribution in [0.3, 0.4) is 0 Å². The highest BCUT2D eigenvalue weighted by molar-refractivity contribution is 5.70. The summed E-state index contributed by atoms with van der Waals surface area (Å²) in [7, 11) is 3.16. The number of benzene rings is 2. The molecule has 1 heterocycles. The van der Waals surface area contributed by atoms with Crippen LogP contribution in [0, 0.1) is 0 Å². The maximum absolute atomic E-state index is 9.98. The van der Waals surface area contributed by atoms with Crippen LogP contribution in [0.2, 0.25) is 0 Å². The number of hydrogen-bond donors (Lipinski definition) is 2. The second-order valence-corrected chi connectivity index (χ2v) is 5.34. The van der Waals surface area contributed by atoms with Crippen molar-refractivity contribution in [2.75, 3.05) is 20.0 Å². The zero-order chi connectivity index (χ0) is 18.5. The van der Waals surface area contributed by atoms with Gasteiger partial charge in [0.25, 0.3) is 0 Å². The minimum atomic E-state index is 0.0743. The van der Waals surface area contributed by atoms with E-state index in [2.05, 4.69) is 15.0 Å². The third-order valence-corrected chi connectivity index (χ3v) is 3.65. The maximum Gasteiger partial charge on any atom is 0.224 e. The highest BCUT2D eigenvalue weighted by Crippen LogP contribution is 2.29. The van der Waals surface area contributed by atoms with Gasteiger partial charge in [-0.25, -0.2) is 4.98 Å². The summed E-state index contributed by atoms with van der Waals surface area (Å²) in [5, 5.41) is 9.98. The molecule has 0 saturated heterocycles. The molecule has 0 spiro atoms. The van der Waals surface area contributed by atoms with Gasteiger partial charge in [0.15, 0.2) is 23.1 Å². The van der Waals surface area contributed by atoms with Crippen molar-refractivity contribution in [1.29, 1.82) is 0 Å². The molecule has 3 N–H and O–H groups in total. The predicted octanol–water partition coefficient (Wildman–Crippen LogP) is 3.01. The highest BCUT2D eigenvalue weighted by Gasteiger charge is 2.09. The summed E-state index contributed by atoms with van der Waals surface area (Å²) in [6.07, 6.45) is 3.54. The average Bonchev–Trinajstić information content (AvgIpc) is 2.66. The molecule has 0 aliphatic carbocycles. The van der Waals surface area contributed by atoms with E-state index in [4.69, 9.17) is 15.2 Å². The Balaban J connectivity index is 1.93. The molecule has 1 aromatic heterocycles. The molecule has 0 saturated carbocycles. The van der Waals surface area contributed by atoms with Crippen LogP contribution in [0.15, 0.2) is 42.5 Å². The Morgan fingerprint density at radius 2 is 1.69 bits per heavy atom. The van der Waals surface area contributed by atoms with Gasteiger partial charge in [-0.05, 0) is 35.9 Å². The van der Waals surface area contributed by atoms with Crippen LogP contribution >= 0.6 is 0 Å². The number of aromatic hydroxyl groups is 1. The van der Waals surface area contributed by atoms with Crippen molar-refractivity contribution in [3.63, 3.8) is 0 Å². The van der Waals surface area contributed by atoms with Gasteiger partial charge < -0.3 is 20.3 Å². The SMILES string of the molecule is COc1ccc(/C=C/c2nc(N)nc(-c3ccccc3O)n2)cc1OC. The molecule has 26 heavy (non-hydrogen) atoms. The molecule has 0 atom stereocenters. The number of ether oxygens (including phenoxy) is 2. The van der Waals surface area contributed by atoms with Gasteiger partial charge in [-0.3, -0.25) is 0 Å². The first-order valence-corrected chi connectivity index (χ1v) is 7.80. The van der Waals surface area contributed by atoms with E-state index in [0.29, 0.717) is 28.7 Å². The van der Waals surface area contributed by atoms with Crippen molar-refractivity contribution in [3.05, 3.63) is 53.9 Å². The first kappa shape index (κ1) is 17.2. The fourth-order valence-corrected chi connectivity index (χ4v) is 2.39. The predicted molar refractivity (Wildman–Crippen MR) is 99.8 cm³/mol. The van der Waals surface area contributed by atoms with Gasteiger partial charge in [0.05, 0.1) is 19.8 Å². The van der Waals surface area contributed by atoms with Crippen molar-refractivity contribution < 1.29 is 14.6 Å². The third kappa shape index (κ3) is 3.72. The van der Waals surface area contributed by atoms with Crippen molar-refractivity contribution in [3.8, 4) is 28.6 Å². The summed E-state index contributed by atoms with van der Waals surface area (Å²) in [6, 6.07) is 12.3. The number of rotatable bonds is 5. The molecule has 3 aromatic rings. The third-order valence-electron chi connectivity index (χ3n) is 3.65. The van der Waals surface area contributed by atoms with Crippen LogP contribution in [0.4, 0.5) is 5.95 Å². The number of phenolic OH excluding ortho intramolecular Hbond substituents is 1. The molecule has 0 radical (unpaired) electrons. The van der Waals surface area contributed by atoms with Gasteiger partial charge in [-0.15, -0.1) is 0 Å². The van der Waals surface area contributed by atoms with Gasteiger partial charge in [0.2, 0.25) is 5.95 Å². The van der Waals surface area contributed by atoms with E-state index in [0.717, 1.165) is 5.56 Å². The van der Waals surface area contributed by atoms with Crippen molar-refractivity contribution in [1.82, 2.24) is 15.0 Å². The maximum atomic E-state index is 9.98. The Morgan fingerprint density at radius 1 is 0.923 bits per heavy atom. The molecule has 0 fully saturated rings. The first-order valence-electron chi connectivity index (χ1n) is 7.80. The molecular weight excluding hydrogens is 332 g/mol. The zero-order valence-corrected chi connectivity index (χ0v) is 14.4. The summed E-state index contributed by atoms with van der Waals surface area (Å²) >= 11 is 0. The second-order valence-electron chi connectivity index (χ2n) is 5.34. The molecule has 3 rings (SSSR count). The van der Waals surface area contributed by atoms with Crippen LogP contribution in [-0.4, -0.2) is 34.3 Å². The van der Waals surface area contributed by atoms with E-state index >= 15 is 0 Å². The summed E-state index contributed by atoms with van der Waals surface area (Å²) < 4.78 is 10.5. The van der Waals surface area contributed by atoms with Gasteiger partial charge in [-0.2, -0.15) is 9.97 Å². The summed E-state index contributed by atoms with van der Waals surface area (Å²) in [4.78, 5) is 12.6. The normalized spacial score (nSPS) is 10.8. The zero-order valence-electron chi connectivity index (χ0n) is 14.4. The fraction of sp³-hybridized carbons (Fsp3) is 0.105. The minimum absolute atomic E-state index is 0.0743. The van der Waals surface area contributed by atoms with Crippen molar-refractivity contribution in [2.45, 2.75) is 0 Å². The lowest BCUT2D eigenvalue weighted by molar-refractivity contribution is 0.355. The van der Waals surface area contributed by atoms with Crippen LogP contribution in [0.5, 0.6) is 17.2 Å². The van der Waals surface area contributed by atoms with E-state index in [-0.39, 0.29) is 11.7 Å². The van der Waals surface area contributed by atoms with E-state index in [9.17, 15) is 5.11 Å².